The topological polar surface area (TPSA) is 82.4 Å². The van der Waals surface area contributed by atoms with Crippen molar-refractivity contribution >= 4 is 22.6 Å². The summed E-state index contributed by atoms with van der Waals surface area (Å²) in [5.41, 5.74) is 6.34. The molecule has 7 nitrogen and oxygen atoms in total. The summed E-state index contributed by atoms with van der Waals surface area (Å²) in [5, 5.41) is 10.2. The van der Waals surface area contributed by atoms with Crippen molar-refractivity contribution in [1.29, 1.82) is 5.26 Å². The lowest BCUT2D eigenvalue weighted by Crippen LogP contribution is -2.58. The van der Waals surface area contributed by atoms with Gasteiger partial charge in [0.25, 0.3) is 0 Å². The average Bonchev–Trinajstić information content (AvgIpc) is 2.95. The predicted octanol–water partition coefficient (Wildman–Crippen LogP) is 5.99. The number of rotatable bonds is 5. The van der Waals surface area contributed by atoms with E-state index in [2.05, 4.69) is 36.9 Å². The van der Waals surface area contributed by atoms with Gasteiger partial charge in [0.1, 0.15) is 11.6 Å². The number of methoxy groups -OCH3 is 1. The predicted molar refractivity (Wildman–Crippen MR) is 155 cm³/mol. The van der Waals surface area contributed by atoms with Gasteiger partial charge in [0.2, 0.25) is 5.91 Å². The number of carbonyl (C=O) groups is 1. The molecule has 2 aromatic heterocycles. The molecule has 3 heterocycles. The van der Waals surface area contributed by atoms with Gasteiger partial charge in [-0.1, -0.05) is 25.1 Å². The van der Waals surface area contributed by atoms with Crippen LogP contribution in [0.5, 0.6) is 5.75 Å². The second-order valence-electron chi connectivity index (χ2n) is 10.2. The summed E-state index contributed by atoms with van der Waals surface area (Å²) < 4.78 is 5.93. The van der Waals surface area contributed by atoms with E-state index in [4.69, 9.17) is 14.7 Å². The summed E-state index contributed by atoms with van der Waals surface area (Å²) in [7, 11) is 1.68. The number of pyridine rings is 2. The third-order valence-corrected chi connectivity index (χ3v) is 7.59. The number of nitrogens with zero attached hydrogens (tertiary/aromatic N) is 5. The van der Waals surface area contributed by atoms with E-state index in [-0.39, 0.29) is 18.0 Å². The van der Waals surface area contributed by atoms with E-state index in [1.807, 2.05) is 67.5 Å². The van der Waals surface area contributed by atoms with E-state index in [9.17, 15) is 10.1 Å². The number of aryl methyl sites for hydroxylation is 1. The minimum atomic E-state index is 0.126. The zero-order valence-corrected chi connectivity index (χ0v) is 23.1. The zero-order valence-electron chi connectivity index (χ0n) is 23.1. The lowest BCUT2D eigenvalue weighted by atomic mass is 9.95. The third kappa shape index (κ3) is 4.79. The van der Waals surface area contributed by atoms with Crippen LogP contribution < -0.4 is 9.64 Å². The summed E-state index contributed by atoms with van der Waals surface area (Å²) in [4.78, 5) is 26.3. The van der Waals surface area contributed by atoms with Crippen LogP contribution in [0.25, 0.3) is 33.2 Å². The lowest BCUT2D eigenvalue weighted by Gasteiger charge is -2.45. The highest BCUT2D eigenvalue weighted by atomic mass is 16.5. The number of ether oxygens (including phenoxy) is 1. The average molecular weight is 520 g/mol. The first kappa shape index (κ1) is 26.2. The van der Waals surface area contributed by atoms with E-state index in [1.54, 1.807) is 7.11 Å². The molecule has 0 saturated carbocycles. The first-order valence-corrected chi connectivity index (χ1v) is 13.4. The summed E-state index contributed by atoms with van der Waals surface area (Å²) in [5.74, 6) is 1.84. The van der Waals surface area contributed by atoms with Gasteiger partial charge in [-0.05, 0) is 62.2 Å². The van der Waals surface area contributed by atoms with Crippen LogP contribution >= 0.6 is 0 Å². The van der Waals surface area contributed by atoms with Crippen molar-refractivity contribution in [2.24, 2.45) is 0 Å². The van der Waals surface area contributed by atoms with Crippen molar-refractivity contribution in [1.82, 2.24) is 14.9 Å². The van der Waals surface area contributed by atoms with Gasteiger partial charge in [-0.15, -0.1) is 0 Å². The number of piperazine rings is 1. The maximum Gasteiger partial charge on any atom is 0.222 e. The monoisotopic (exact) mass is 519 g/mol. The van der Waals surface area contributed by atoms with E-state index >= 15 is 0 Å². The Kier molecular flexibility index (Phi) is 7.21. The van der Waals surface area contributed by atoms with Gasteiger partial charge in [-0.2, -0.15) is 5.26 Å². The number of hydrogen-bond donors (Lipinski definition) is 0. The molecule has 1 saturated heterocycles. The van der Waals surface area contributed by atoms with Gasteiger partial charge < -0.3 is 14.5 Å². The minimum absolute atomic E-state index is 0.126. The van der Waals surface area contributed by atoms with Crippen LogP contribution in [0.2, 0.25) is 0 Å². The van der Waals surface area contributed by atoms with Gasteiger partial charge in [0.05, 0.1) is 24.3 Å². The molecule has 39 heavy (non-hydrogen) atoms. The number of aromatic nitrogens is 2. The fourth-order valence-electron chi connectivity index (χ4n) is 5.79. The standard InChI is InChI=1S/C32H33N5O2/c1-6-30(38)37-21(3)18-36(19-22(37)4)29-13-11-24(16-34-29)28-17-35-31-26(8-7-9-27(31)32(28)39-5)25-12-10-23(15-33)14-20(25)2/h7-14,16-17,21-22H,6,18-19H2,1-5H3/t21-,22+. The molecule has 0 bridgehead atoms. The van der Waals surface area contributed by atoms with Crippen molar-refractivity contribution < 1.29 is 9.53 Å². The fourth-order valence-corrected chi connectivity index (χ4v) is 5.79. The Hall–Kier alpha value is -4.44. The van der Waals surface area contributed by atoms with Crippen LogP contribution in [-0.4, -0.2) is 53.1 Å². The highest BCUT2D eigenvalue weighted by Gasteiger charge is 2.32. The Morgan fingerprint density at radius 2 is 1.79 bits per heavy atom. The van der Waals surface area contributed by atoms with Crippen molar-refractivity contribution in [3.63, 3.8) is 0 Å². The SMILES string of the molecule is CCC(=O)N1[C@H](C)CN(c2ccc(-c3cnc4c(-c5ccc(C#N)cc5C)cccc4c3OC)cn2)C[C@@H]1C. The Morgan fingerprint density at radius 1 is 1.03 bits per heavy atom. The number of nitriles is 1. The third-order valence-electron chi connectivity index (χ3n) is 7.59. The van der Waals surface area contributed by atoms with E-state index in [0.717, 1.165) is 63.4 Å². The fraction of sp³-hybridized carbons (Fsp3) is 0.312. The first-order chi connectivity index (χ1) is 18.9. The van der Waals surface area contributed by atoms with E-state index in [0.29, 0.717) is 12.0 Å². The molecule has 1 amide bonds. The number of hydrogen-bond acceptors (Lipinski definition) is 6. The molecule has 2 aromatic carbocycles. The number of para-hydroxylation sites is 1. The Bertz CT molecular complexity index is 1560. The molecule has 4 aromatic rings. The number of benzene rings is 2. The van der Waals surface area contributed by atoms with Gasteiger partial charge in [-0.3, -0.25) is 9.78 Å². The van der Waals surface area contributed by atoms with Gasteiger partial charge in [-0.25, -0.2) is 4.98 Å². The van der Waals surface area contributed by atoms with Crippen molar-refractivity contribution in [3.8, 4) is 34.1 Å². The van der Waals surface area contributed by atoms with Gasteiger partial charge >= 0.3 is 0 Å². The number of fused-ring (bicyclic) bond motifs is 1. The van der Waals surface area contributed by atoms with Gasteiger partial charge in [0.15, 0.2) is 0 Å². The number of carbonyl (C=O) groups excluding carboxylic acids is 1. The van der Waals surface area contributed by atoms with Crippen LogP contribution in [0.1, 0.15) is 38.3 Å². The molecule has 198 valence electrons. The van der Waals surface area contributed by atoms with Crippen LogP contribution in [0.3, 0.4) is 0 Å². The van der Waals surface area contributed by atoms with Crippen LogP contribution in [0, 0.1) is 18.3 Å². The van der Waals surface area contributed by atoms with E-state index < -0.39 is 0 Å². The summed E-state index contributed by atoms with van der Waals surface area (Å²) in [6.07, 6.45) is 4.24. The maximum atomic E-state index is 12.4. The molecule has 0 radical (unpaired) electrons. The molecule has 5 rings (SSSR count). The lowest BCUT2D eigenvalue weighted by molar-refractivity contribution is -0.135. The van der Waals surface area contributed by atoms with Crippen LogP contribution in [0.4, 0.5) is 5.82 Å². The van der Waals surface area contributed by atoms with E-state index in [1.165, 1.54) is 0 Å². The Labute approximate surface area is 229 Å². The zero-order chi connectivity index (χ0) is 27.7. The summed E-state index contributed by atoms with van der Waals surface area (Å²) in [6, 6.07) is 18.3. The largest absolute Gasteiger partial charge is 0.495 e. The van der Waals surface area contributed by atoms with Crippen molar-refractivity contribution in [3.05, 3.63) is 72.1 Å². The first-order valence-electron chi connectivity index (χ1n) is 13.4. The quantitative estimate of drug-likeness (QED) is 0.322. The molecule has 7 heteroatoms. The molecule has 0 aliphatic carbocycles. The Morgan fingerprint density at radius 3 is 2.41 bits per heavy atom. The Balaban J connectivity index is 1.47. The van der Waals surface area contributed by atoms with Crippen LogP contribution in [-0.2, 0) is 4.79 Å². The molecule has 1 fully saturated rings. The van der Waals surface area contributed by atoms with Crippen LogP contribution in [0.15, 0.2) is 60.9 Å². The second-order valence-corrected chi connectivity index (χ2v) is 10.2. The normalized spacial score (nSPS) is 17.2. The molecule has 1 aliphatic heterocycles. The highest BCUT2D eigenvalue weighted by molar-refractivity contribution is 6.00. The van der Waals surface area contributed by atoms with Crippen molar-refractivity contribution in [2.45, 2.75) is 46.2 Å². The molecular weight excluding hydrogens is 486 g/mol. The summed E-state index contributed by atoms with van der Waals surface area (Å²) in [6.45, 7) is 9.63. The number of amides is 1. The minimum Gasteiger partial charge on any atom is -0.495 e. The molecule has 0 N–H and O–H groups in total. The highest BCUT2D eigenvalue weighted by Crippen LogP contribution is 2.39. The molecular formula is C32H33N5O2. The molecule has 2 atom stereocenters. The number of anilines is 1. The van der Waals surface area contributed by atoms with Crippen molar-refractivity contribution in [2.75, 3.05) is 25.1 Å². The molecule has 0 spiro atoms. The second kappa shape index (κ2) is 10.7. The molecule has 0 unspecified atom stereocenters. The molecule has 1 aliphatic rings. The maximum absolute atomic E-state index is 12.4. The van der Waals surface area contributed by atoms with Gasteiger partial charge in [0, 0.05) is 66.1 Å². The summed E-state index contributed by atoms with van der Waals surface area (Å²) >= 11 is 0. The smallest absolute Gasteiger partial charge is 0.222 e.